The van der Waals surface area contributed by atoms with E-state index in [-0.39, 0.29) is 37.6 Å². The summed E-state index contributed by atoms with van der Waals surface area (Å²) in [6.07, 6.45) is -3.30. The molecule has 2 rings (SSSR count). The van der Waals surface area contributed by atoms with Gasteiger partial charge in [0.05, 0.1) is 30.9 Å². The predicted molar refractivity (Wildman–Crippen MR) is 108 cm³/mol. The quantitative estimate of drug-likeness (QED) is 0.272. The zero-order chi connectivity index (χ0) is 22.9. The fourth-order valence-electron chi connectivity index (χ4n) is 2.93. The summed E-state index contributed by atoms with van der Waals surface area (Å²) in [5.41, 5.74) is 5.06. The Balaban J connectivity index is 2.00. The van der Waals surface area contributed by atoms with Crippen molar-refractivity contribution in [3.63, 3.8) is 0 Å². The van der Waals surface area contributed by atoms with Gasteiger partial charge in [-0.25, -0.2) is 8.96 Å². The van der Waals surface area contributed by atoms with Crippen molar-refractivity contribution in [3.8, 4) is 5.75 Å². The van der Waals surface area contributed by atoms with E-state index in [1.165, 1.54) is 24.3 Å². The standard InChI is InChI=1S/C21H24F4NO4P/c22-17-6-3-15(4-7-17)2-1-11-29-19-8-5-16(12-18(19)21(23,24)25)9-10-20(26,13-27)14-30-31-28/h3-8,12,27H,1-2,9-11,13-14,26H2. The van der Waals surface area contributed by atoms with Crippen LogP contribution in [0, 0.1) is 5.82 Å². The second kappa shape index (κ2) is 11.5. The molecule has 2 aromatic carbocycles. The smallest absolute Gasteiger partial charge is 0.419 e. The van der Waals surface area contributed by atoms with Crippen LogP contribution in [0.25, 0.3) is 0 Å². The Kier molecular flexibility index (Phi) is 9.37. The molecule has 0 aliphatic carbocycles. The molecule has 0 saturated heterocycles. The first-order valence-corrected chi connectivity index (χ1v) is 10.3. The number of rotatable bonds is 12. The van der Waals surface area contributed by atoms with Crippen molar-refractivity contribution in [2.75, 3.05) is 19.8 Å². The van der Waals surface area contributed by atoms with E-state index in [2.05, 4.69) is 4.52 Å². The van der Waals surface area contributed by atoms with Crippen LogP contribution in [0.3, 0.4) is 0 Å². The van der Waals surface area contributed by atoms with Crippen LogP contribution < -0.4 is 10.5 Å². The topological polar surface area (TPSA) is 81.8 Å². The monoisotopic (exact) mass is 461 g/mol. The average Bonchev–Trinajstić information content (AvgIpc) is 2.75. The van der Waals surface area contributed by atoms with Crippen LogP contribution in [0.4, 0.5) is 17.6 Å². The van der Waals surface area contributed by atoms with Crippen molar-refractivity contribution in [1.82, 2.24) is 0 Å². The summed E-state index contributed by atoms with van der Waals surface area (Å²) in [5, 5.41) is 9.41. The van der Waals surface area contributed by atoms with Gasteiger partial charge in [-0.05, 0) is 61.1 Å². The number of hydrogen-bond acceptors (Lipinski definition) is 5. The van der Waals surface area contributed by atoms with Gasteiger partial charge in [-0.1, -0.05) is 18.2 Å². The lowest BCUT2D eigenvalue weighted by Crippen LogP contribution is -2.47. The molecule has 0 aromatic heterocycles. The molecule has 0 amide bonds. The molecule has 1 unspecified atom stereocenters. The second-order valence-corrected chi connectivity index (χ2v) is 7.68. The summed E-state index contributed by atoms with van der Waals surface area (Å²) < 4.78 is 73.9. The summed E-state index contributed by atoms with van der Waals surface area (Å²) in [7, 11) is -0.590. The molecule has 0 fully saturated rings. The molecule has 5 nitrogen and oxygen atoms in total. The Morgan fingerprint density at radius 1 is 1.03 bits per heavy atom. The third-order valence-electron chi connectivity index (χ3n) is 4.76. The molecule has 10 heteroatoms. The first-order chi connectivity index (χ1) is 14.7. The number of halogens is 4. The SMILES string of the molecule is NC(CO)(CCc1ccc(OCCCc2ccc(F)cc2)c(C(F)(F)F)c1)COP=O. The Hall–Kier alpha value is -2.06. The maximum atomic E-state index is 13.5. The van der Waals surface area contributed by atoms with E-state index in [1.54, 1.807) is 12.1 Å². The fraction of sp³-hybridized carbons (Fsp3) is 0.429. The molecule has 0 aliphatic rings. The van der Waals surface area contributed by atoms with Gasteiger partial charge in [0.2, 0.25) is 0 Å². The zero-order valence-corrected chi connectivity index (χ0v) is 17.6. The largest absolute Gasteiger partial charge is 0.493 e. The summed E-state index contributed by atoms with van der Waals surface area (Å²) in [5.74, 6) is -0.622. The van der Waals surface area contributed by atoms with Crippen molar-refractivity contribution < 1.29 is 36.5 Å². The van der Waals surface area contributed by atoms with E-state index in [0.717, 1.165) is 11.6 Å². The predicted octanol–water partition coefficient (Wildman–Crippen LogP) is 4.70. The number of aliphatic hydroxyl groups excluding tert-OH is 1. The van der Waals surface area contributed by atoms with Crippen LogP contribution in [-0.4, -0.2) is 30.5 Å². The summed E-state index contributed by atoms with van der Waals surface area (Å²) in [6.45, 7) is -0.595. The molecule has 3 N–H and O–H groups in total. The Labute approximate surface area is 179 Å². The maximum absolute atomic E-state index is 13.5. The molecule has 0 radical (unpaired) electrons. The van der Waals surface area contributed by atoms with Crippen LogP contribution in [0.5, 0.6) is 5.75 Å². The van der Waals surface area contributed by atoms with E-state index >= 15 is 0 Å². The highest BCUT2D eigenvalue weighted by Gasteiger charge is 2.35. The van der Waals surface area contributed by atoms with Crippen molar-refractivity contribution in [3.05, 3.63) is 65.0 Å². The molecule has 0 aliphatic heterocycles. The Bertz CT molecular complexity index is 848. The number of aryl methyl sites for hydroxylation is 2. The highest BCUT2D eigenvalue weighted by molar-refractivity contribution is 7.17. The van der Waals surface area contributed by atoms with Crippen LogP contribution in [-0.2, 0) is 28.1 Å². The van der Waals surface area contributed by atoms with Gasteiger partial charge in [-0.3, -0.25) is 4.52 Å². The molecule has 0 heterocycles. The van der Waals surface area contributed by atoms with E-state index in [1.807, 2.05) is 0 Å². The van der Waals surface area contributed by atoms with Gasteiger partial charge < -0.3 is 15.6 Å². The molecule has 0 bridgehead atoms. The van der Waals surface area contributed by atoms with Crippen LogP contribution in [0.1, 0.15) is 29.5 Å². The van der Waals surface area contributed by atoms with E-state index in [4.69, 9.17) is 10.5 Å². The molecule has 31 heavy (non-hydrogen) atoms. The van der Waals surface area contributed by atoms with Gasteiger partial charge in [-0.2, -0.15) is 13.2 Å². The minimum Gasteiger partial charge on any atom is -0.493 e. The van der Waals surface area contributed by atoms with Crippen molar-refractivity contribution >= 4 is 8.69 Å². The zero-order valence-electron chi connectivity index (χ0n) is 16.7. The molecule has 2 aromatic rings. The molecule has 1 atom stereocenters. The van der Waals surface area contributed by atoms with Crippen LogP contribution >= 0.6 is 8.69 Å². The molecular weight excluding hydrogens is 437 g/mol. The lowest BCUT2D eigenvalue weighted by atomic mass is 9.93. The first-order valence-electron chi connectivity index (χ1n) is 9.58. The van der Waals surface area contributed by atoms with Gasteiger partial charge in [0.1, 0.15) is 11.6 Å². The number of nitrogens with two attached hydrogens (primary N) is 1. The van der Waals surface area contributed by atoms with Crippen LogP contribution in [0.15, 0.2) is 42.5 Å². The van der Waals surface area contributed by atoms with Gasteiger partial charge in [0.15, 0.2) is 0 Å². The van der Waals surface area contributed by atoms with Gasteiger partial charge in [0.25, 0.3) is 0 Å². The molecule has 170 valence electrons. The Morgan fingerprint density at radius 3 is 2.32 bits per heavy atom. The average molecular weight is 461 g/mol. The van der Waals surface area contributed by atoms with Gasteiger partial charge in [-0.15, -0.1) is 0 Å². The number of ether oxygens (including phenoxy) is 1. The fourth-order valence-corrected chi connectivity index (χ4v) is 3.24. The third kappa shape index (κ3) is 8.18. The highest BCUT2D eigenvalue weighted by Crippen LogP contribution is 2.37. The third-order valence-corrected chi connectivity index (χ3v) is 5.00. The number of aliphatic hydroxyl groups is 1. The van der Waals surface area contributed by atoms with Crippen molar-refractivity contribution in [1.29, 1.82) is 0 Å². The highest BCUT2D eigenvalue weighted by atomic mass is 31.1. The van der Waals surface area contributed by atoms with Crippen LogP contribution in [0.2, 0.25) is 0 Å². The summed E-state index contributed by atoms with van der Waals surface area (Å²) in [6, 6.07) is 9.67. The van der Waals surface area contributed by atoms with E-state index in [0.29, 0.717) is 18.4 Å². The number of alkyl halides is 3. The normalized spacial score (nSPS) is 13.9. The lowest BCUT2D eigenvalue weighted by molar-refractivity contribution is -0.139. The second-order valence-electron chi connectivity index (χ2n) is 7.28. The minimum atomic E-state index is -4.61. The Morgan fingerprint density at radius 2 is 1.71 bits per heavy atom. The minimum absolute atomic E-state index is 0.0714. The molecule has 0 spiro atoms. The van der Waals surface area contributed by atoms with Crippen molar-refractivity contribution in [2.24, 2.45) is 5.73 Å². The van der Waals surface area contributed by atoms with E-state index < -0.39 is 32.6 Å². The molecular formula is C21H24F4NO4P. The van der Waals surface area contributed by atoms with E-state index in [9.17, 15) is 27.2 Å². The van der Waals surface area contributed by atoms with Gasteiger partial charge >= 0.3 is 14.9 Å². The number of benzene rings is 2. The summed E-state index contributed by atoms with van der Waals surface area (Å²) in [4.78, 5) is 0. The van der Waals surface area contributed by atoms with Gasteiger partial charge in [0, 0.05) is 0 Å². The number of hydrogen-bond donors (Lipinski definition) is 2. The molecule has 0 saturated carbocycles. The lowest BCUT2D eigenvalue weighted by Gasteiger charge is -2.25. The summed E-state index contributed by atoms with van der Waals surface area (Å²) >= 11 is 0. The first kappa shape index (κ1) is 25.2. The van der Waals surface area contributed by atoms with Crippen molar-refractivity contribution in [2.45, 2.75) is 37.4 Å². The maximum Gasteiger partial charge on any atom is 0.419 e.